The van der Waals surface area contributed by atoms with Crippen molar-refractivity contribution in [1.82, 2.24) is 15.1 Å². The monoisotopic (exact) mass is 287 g/mol. The van der Waals surface area contributed by atoms with Gasteiger partial charge in [0.2, 0.25) is 5.91 Å². The van der Waals surface area contributed by atoms with Gasteiger partial charge >= 0.3 is 0 Å². The lowest BCUT2D eigenvalue weighted by molar-refractivity contribution is -0.121. The number of amides is 1. The predicted molar refractivity (Wildman–Crippen MR) is 83.0 cm³/mol. The highest BCUT2D eigenvalue weighted by atomic mass is 16.2. The summed E-state index contributed by atoms with van der Waals surface area (Å²) in [5, 5.41) is 7.26. The molecule has 112 valence electrons. The highest BCUT2D eigenvalue weighted by Gasteiger charge is 2.08. The van der Waals surface area contributed by atoms with Crippen molar-refractivity contribution in [3.8, 4) is 5.69 Å². The van der Waals surface area contributed by atoms with E-state index in [2.05, 4.69) is 10.4 Å². The largest absolute Gasteiger partial charge is 0.384 e. The SMILES string of the molecule is CC(N)C(=O)NCCCc1cc(N)n(-c2ccccc2)n1. The molecule has 2 aromatic rings. The molecule has 6 heteroatoms. The summed E-state index contributed by atoms with van der Waals surface area (Å²) < 4.78 is 1.72. The quantitative estimate of drug-likeness (QED) is 0.686. The molecular weight excluding hydrogens is 266 g/mol. The molecule has 1 amide bonds. The highest BCUT2D eigenvalue weighted by Crippen LogP contribution is 2.14. The van der Waals surface area contributed by atoms with E-state index in [0.29, 0.717) is 12.4 Å². The fourth-order valence-corrected chi connectivity index (χ4v) is 1.99. The lowest BCUT2D eigenvalue weighted by atomic mass is 10.2. The summed E-state index contributed by atoms with van der Waals surface area (Å²) in [4.78, 5) is 11.3. The molecule has 1 unspecified atom stereocenters. The van der Waals surface area contributed by atoms with E-state index in [1.165, 1.54) is 0 Å². The predicted octanol–water partition coefficient (Wildman–Crippen LogP) is 0.851. The molecule has 0 saturated heterocycles. The fourth-order valence-electron chi connectivity index (χ4n) is 1.99. The molecule has 2 rings (SSSR count). The lowest BCUT2D eigenvalue weighted by Gasteiger charge is -2.06. The maximum atomic E-state index is 11.3. The normalized spacial score (nSPS) is 12.1. The van der Waals surface area contributed by atoms with Crippen LogP contribution in [0, 0.1) is 0 Å². The Labute approximate surface area is 124 Å². The average molecular weight is 287 g/mol. The zero-order valence-electron chi connectivity index (χ0n) is 12.1. The summed E-state index contributed by atoms with van der Waals surface area (Å²) in [5.74, 6) is 0.472. The number of hydrogen-bond donors (Lipinski definition) is 3. The Morgan fingerprint density at radius 1 is 1.38 bits per heavy atom. The molecular formula is C15H21N5O. The molecule has 6 nitrogen and oxygen atoms in total. The van der Waals surface area contributed by atoms with Gasteiger partial charge in [0.15, 0.2) is 0 Å². The maximum Gasteiger partial charge on any atom is 0.236 e. The molecule has 5 N–H and O–H groups in total. The number of aromatic nitrogens is 2. The minimum absolute atomic E-state index is 0.135. The topological polar surface area (TPSA) is 99.0 Å². The molecule has 1 aromatic heterocycles. The molecule has 0 spiro atoms. The number of anilines is 1. The third-order valence-corrected chi connectivity index (χ3v) is 3.11. The summed E-state index contributed by atoms with van der Waals surface area (Å²) in [5.41, 5.74) is 13.3. The van der Waals surface area contributed by atoms with Crippen LogP contribution >= 0.6 is 0 Å². The highest BCUT2D eigenvalue weighted by molar-refractivity contribution is 5.80. The first-order valence-corrected chi connectivity index (χ1v) is 7.01. The number of carbonyl (C=O) groups is 1. The van der Waals surface area contributed by atoms with Crippen molar-refractivity contribution < 1.29 is 4.79 Å². The molecule has 0 radical (unpaired) electrons. The number of nitrogens with two attached hydrogens (primary N) is 2. The van der Waals surface area contributed by atoms with Crippen LogP contribution in [0.5, 0.6) is 0 Å². The number of nitrogens with zero attached hydrogens (tertiary/aromatic N) is 2. The van der Waals surface area contributed by atoms with Gasteiger partial charge in [0, 0.05) is 12.6 Å². The first-order chi connectivity index (χ1) is 10.1. The standard InChI is InChI=1S/C15H21N5O/c1-11(16)15(21)18-9-5-6-12-10-14(17)20(19-12)13-7-3-2-4-8-13/h2-4,7-8,10-11H,5-6,9,16-17H2,1H3,(H,18,21). The van der Waals surface area contributed by atoms with E-state index in [1.54, 1.807) is 11.6 Å². The Morgan fingerprint density at radius 2 is 2.10 bits per heavy atom. The maximum absolute atomic E-state index is 11.3. The van der Waals surface area contributed by atoms with Gasteiger partial charge in [-0.25, -0.2) is 4.68 Å². The van der Waals surface area contributed by atoms with Gasteiger partial charge in [-0.05, 0) is 31.9 Å². The van der Waals surface area contributed by atoms with Gasteiger partial charge in [0.1, 0.15) is 5.82 Å². The Morgan fingerprint density at radius 3 is 2.76 bits per heavy atom. The second-order valence-electron chi connectivity index (χ2n) is 4.99. The first-order valence-electron chi connectivity index (χ1n) is 7.01. The van der Waals surface area contributed by atoms with Gasteiger partial charge in [-0.3, -0.25) is 4.79 Å². The minimum Gasteiger partial charge on any atom is -0.384 e. The molecule has 0 bridgehead atoms. The zero-order valence-corrected chi connectivity index (χ0v) is 12.1. The zero-order chi connectivity index (χ0) is 15.2. The van der Waals surface area contributed by atoms with Crippen molar-refractivity contribution in [3.05, 3.63) is 42.1 Å². The second-order valence-corrected chi connectivity index (χ2v) is 4.99. The van der Waals surface area contributed by atoms with Crippen molar-refractivity contribution >= 4 is 11.7 Å². The third kappa shape index (κ3) is 4.06. The summed E-state index contributed by atoms with van der Waals surface area (Å²) >= 11 is 0. The van der Waals surface area contributed by atoms with Gasteiger partial charge in [0.25, 0.3) is 0 Å². The molecule has 0 aliphatic rings. The van der Waals surface area contributed by atoms with Gasteiger partial charge in [-0.15, -0.1) is 0 Å². The van der Waals surface area contributed by atoms with E-state index in [4.69, 9.17) is 11.5 Å². The smallest absolute Gasteiger partial charge is 0.236 e. The molecule has 0 aliphatic carbocycles. The van der Waals surface area contributed by atoms with Crippen molar-refractivity contribution in [1.29, 1.82) is 0 Å². The van der Waals surface area contributed by atoms with E-state index < -0.39 is 6.04 Å². The van der Waals surface area contributed by atoms with Gasteiger partial charge in [-0.2, -0.15) is 5.10 Å². The summed E-state index contributed by atoms with van der Waals surface area (Å²) in [6, 6.07) is 11.1. The van der Waals surface area contributed by atoms with E-state index >= 15 is 0 Å². The molecule has 0 aliphatic heterocycles. The van der Waals surface area contributed by atoms with E-state index in [9.17, 15) is 4.79 Å². The third-order valence-electron chi connectivity index (χ3n) is 3.11. The van der Waals surface area contributed by atoms with Crippen molar-refractivity contribution in [2.75, 3.05) is 12.3 Å². The fraction of sp³-hybridized carbons (Fsp3) is 0.333. The first kappa shape index (κ1) is 15.1. The number of carbonyl (C=O) groups excluding carboxylic acids is 1. The van der Waals surface area contributed by atoms with Crippen molar-refractivity contribution in [3.63, 3.8) is 0 Å². The van der Waals surface area contributed by atoms with Crippen molar-refractivity contribution in [2.24, 2.45) is 5.73 Å². The van der Waals surface area contributed by atoms with Crippen LogP contribution in [-0.4, -0.2) is 28.3 Å². The number of aryl methyl sites for hydroxylation is 1. The second kappa shape index (κ2) is 6.90. The van der Waals surface area contributed by atoms with Gasteiger partial charge in [0.05, 0.1) is 17.4 Å². The van der Waals surface area contributed by atoms with E-state index in [1.807, 2.05) is 36.4 Å². The van der Waals surface area contributed by atoms with Crippen molar-refractivity contribution in [2.45, 2.75) is 25.8 Å². The number of para-hydroxylation sites is 1. The average Bonchev–Trinajstić information content (AvgIpc) is 2.85. The molecule has 1 aromatic carbocycles. The molecule has 1 atom stereocenters. The van der Waals surface area contributed by atoms with Crippen LogP contribution in [0.4, 0.5) is 5.82 Å². The lowest BCUT2D eigenvalue weighted by Crippen LogP contribution is -2.38. The number of rotatable bonds is 6. The van der Waals surface area contributed by atoms with Crippen LogP contribution in [0.1, 0.15) is 19.0 Å². The summed E-state index contributed by atoms with van der Waals surface area (Å²) in [6.07, 6.45) is 1.55. The minimum atomic E-state index is -0.474. The molecule has 0 fully saturated rings. The number of nitrogen functional groups attached to an aromatic ring is 1. The number of nitrogens with one attached hydrogen (secondary N) is 1. The summed E-state index contributed by atoms with van der Waals surface area (Å²) in [7, 11) is 0. The Kier molecular flexibility index (Phi) is 4.94. The van der Waals surface area contributed by atoms with Gasteiger partial charge in [-0.1, -0.05) is 18.2 Å². The Bertz CT molecular complexity index is 591. The number of benzene rings is 1. The van der Waals surface area contributed by atoms with Crippen LogP contribution < -0.4 is 16.8 Å². The Balaban J connectivity index is 1.90. The molecule has 21 heavy (non-hydrogen) atoms. The number of hydrogen-bond acceptors (Lipinski definition) is 4. The van der Waals surface area contributed by atoms with E-state index in [0.717, 1.165) is 24.2 Å². The van der Waals surface area contributed by atoms with Crippen LogP contribution in [0.3, 0.4) is 0 Å². The van der Waals surface area contributed by atoms with Gasteiger partial charge < -0.3 is 16.8 Å². The van der Waals surface area contributed by atoms with Crippen LogP contribution in [0.25, 0.3) is 5.69 Å². The summed E-state index contributed by atoms with van der Waals surface area (Å²) in [6.45, 7) is 2.25. The van der Waals surface area contributed by atoms with Crippen LogP contribution in [-0.2, 0) is 11.2 Å². The molecule has 0 saturated carbocycles. The van der Waals surface area contributed by atoms with Crippen LogP contribution in [0.15, 0.2) is 36.4 Å². The van der Waals surface area contributed by atoms with Crippen LogP contribution in [0.2, 0.25) is 0 Å². The molecule has 1 heterocycles. The Hall–Kier alpha value is -2.34. The van der Waals surface area contributed by atoms with E-state index in [-0.39, 0.29) is 5.91 Å².